The first-order valence-corrected chi connectivity index (χ1v) is 8.15. The van der Waals surface area contributed by atoms with Crippen molar-refractivity contribution in [3.8, 4) is 17.3 Å². The first-order valence-electron chi connectivity index (χ1n) is 8.15. The topological polar surface area (TPSA) is 103 Å². The fraction of sp³-hybridized carbons (Fsp3) is 0.412. The van der Waals surface area contributed by atoms with Gasteiger partial charge in [0.2, 0.25) is 0 Å². The van der Waals surface area contributed by atoms with E-state index < -0.39 is 0 Å². The Morgan fingerprint density at radius 3 is 3.12 bits per heavy atom. The molecule has 0 amide bonds. The van der Waals surface area contributed by atoms with Crippen LogP contribution in [0.5, 0.6) is 0 Å². The van der Waals surface area contributed by atoms with Gasteiger partial charge in [-0.25, -0.2) is 9.97 Å². The number of aliphatic hydroxyl groups excluding tert-OH is 1. The van der Waals surface area contributed by atoms with Crippen LogP contribution in [-0.2, 0) is 0 Å². The Hall–Kier alpha value is -2.72. The van der Waals surface area contributed by atoms with Gasteiger partial charge in [0.25, 0.3) is 0 Å². The second kappa shape index (κ2) is 6.06. The van der Waals surface area contributed by atoms with Crippen LogP contribution in [0.1, 0.15) is 31.7 Å². The molecule has 1 saturated carbocycles. The molecule has 7 nitrogen and oxygen atoms in total. The lowest BCUT2D eigenvalue weighted by Crippen LogP contribution is -2.26. The molecule has 0 bridgehead atoms. The third-order valence-corrected chi connectivity index (χ3v) is 4.89. The van der Waals surface area contributed by atoms with Crippen LogP contribution >= 0.6 is 0 Å². The standard InChI is InChI=1S/C17H18N6O/c18-6-4-14(12-2-1-3-15(12)24)23-9-11(8-22-23)16-13-5-7-19-17(13)21-10-20-16/h5,7-10,12,14-15,24H,1-4H2,(H,19,20,21)/t12-,14-,15?/m1/s1. The maximum atomic E-state index is 10.2. The summed E-state index contributed by atoms with van der Waals surface area (Å²) in [4.78, 5) is 11.7. The molecule has 1 fully saturated rings. The Bertz CT molecular complexity index is 892. The van der Waals surface area contributed by atoms with Gasteiger partial charge >= 0.3 is 0 Å². The molecule has 2 N–H and O–H groups in total. The van der Waals surface area contributed by atoms with Crippen LogP contribution in [0.15, 0.2) is 31.0 Å². The Morgan fingerprint density at radius 1 is 1.42 bits per heavy atom. The van der Waals surface area contributed by atoms with Crippen molar-refractivity contribution in [2.75, 3.05) is 0 Å². The van der Waals surface area contributed by atoms with E-state index in [2.05, 4.69) is 26.1 Å². The first-order chi connectivity index (χ1) is 11.8. The van der Waals surface area contributed by atoms with Gasteiger partial charge in [0.05, 0.1) is 36.5 Å². The van der Waals surface area contributed by atoms with Crippen molar-refractivity contribution < 1.29 is 5.11 Å². The predicted octanol–water partition coefficient (Wildman–Crippen LogP) is 2.44. The van der Waals surface area contributed by atoms with Crippen molar-refractivity contribution in [1.29, 1.82) is 5.26 Å². The zero-order chi connectivity index (χ0) is 16.5. The molecule has 3 aromatic heterocycles. The fourth-order valence-electron chi connectivity index (χ4n) is 3.70. The molecule has 4 rings (SSSR count). The maximum absolute atomic E-state index is 10.2. The number of aliphatic hydroxyl groups is 1. The highest BCUT2D eigenvalue weighted by Crippen LogP contribution is 2.37. The van der Waals surface area contributed by atoms with E-state index in [0.717, 1.165) is 41.6 Å². The summed E-state index contributed by atoms with van der Waals surface area (Å²) in [5.41, 5.74) is 2.49. The smallest absolute Gasteiger partial charge is 0.141 e. The first kappa shape index (κ1) is 14.8. The minimum Gasteiger partial charge on any atom is -0.393 e. The van der Waals surface area contributed by atoms with Crippen LogP contribution in [0, 0.1) is 17.2 Å². The number of fused-ring (bicyclic) bond motifs is 1. The molecule has 122 valence electrons. The number of H-pyrrole nitrogens is 1. The quantitative estimate of drug-likeness (QED) is 0.768. The molecule has 0 aromatic carbocycles. The van der Waals surface area contributed by atoms with E-state index >= 15 is 0 Å². The summed E-state index contributed by atoms with van der Waals surface area (Å²) in [6, 6.07) is 4.07. The van der Waals surface area contributed by atoms with E-state index in [9.17, 15) is 10.4 Å². The highest BCUT2D eigenvalue weighted by Gasteiger charge is 2.34. The third-order valence-electron chi connectivity index (χ3n) is 4.89. The number of nitriles is 1. The molecule has 1 unspecified atom stereocenters. The number of aromatic amines is 1. The van der Waals surface area contributed by atoms with Gasteiger partial charge in [-0.1, -0.05) is 6.42 Å². The molecule has 3 aromatic rings. The number of hydrogen-bond donors (Lipinski definition) is 2. The minimum atomic E-state index is -0.355. The van der Waals surface area contributed by atoms with Crippen LogP contribution in [-0.4, -0.2) is 35.9 Å². The number of nitrogens with zero attached hydrogens (tertiary/aromatic N) is 5. The van der Waals surface area contributed by atoms with Crippen molar-refractivity contribution in [3.63, 3.8) is 0 Å². The zero-order valence-electron chi connectivity index (χ0n) is 13.1. The molecule has 3 atom stereocenters. The van der Waals surface area contributed by atoms with Gasteiger partial charge in [0, 0.05) is 29.3 Å². The van der Waals surface area contributed by atoms with Gasteiger partial charge < -0.3 is 10.1 Å². The summed E-state index contributed by atoms with van der Waals surface area (Å²) >= 11 is 0. The van der Waals surface area contributed by atoms with Crippen LogP contribution in [0.4, 0.5) is 0 Å². The molecule has 1 aliphatic rings. The summed E-state index contributed by atoms with van der Waals surface area (Å²) in [5.74, 6) is 0.0788. The highest BCUT2D eigenvalue weighted by molar-refractivity contribution is 5.89. The van der Waals surface area contributed by atoms with E-state index in [1.165, 1.54) is 6.33 Å². The van der Waals surface area contributed by atoms with Crippen LogP contribution < -0.4 is 0 Å². The third kappa shape index (κ3) is 2.45. The van der Waals surface area contributed by atoms with Crippen LogP contribution in [0.25, 0.3) is 22.3 Å². The summed E-state index contributed by atoms with van der Waals surface area (Å²) in [7, 11) is 0. The maximum Gasteiger partial charge on any atom is 0.141 e. The normalized spacial score (nSPS) is 21.8. The lowest BCUT2D eigenvalue weighted by Gasteiger charge is -2.24. The van der Waals surface area contributed by atoms with Crippen LogP contribution in [0.3, 0.4) is 0 Å². The summed E-state index contributed by atoms with van der Waals surface area (Å²) < 4.78 is 1.82. The van der Waals surface area contributed by atoms with E-state index in [0.29, 0.717) is 6.42 Å². The highest BCUT2D eigenvalue weighted by atomic mass is 16.3. The number of aromatic nitrogens is 5. The van der Waals surface area contributed by atoms with Gasteiger partial charge in [-0.05, 0) is 18.9 Å². The molecule has 24 heavy (non-hydrogen) atoms. The largest absolute Gasteiger partial charge is 0.393 e. The Kier molecular flexibility index (Phi) is 3.75. The van der Waals surface area contributed by atoms with Gasteiger partial charge in [0.15, 0.2) is 0 Å². The Morgan fingerprint density at radius 2 is 2.33 bits per heavy atom. The molecule has 0 aliphatic heterocycles. The molecule has 1 aliphatic carbocycles. The minimum absolute atomic E-state index is 0.0788. The summed E-state index contributed by atoms with van der Waals surface area (Å²) in [6.45, 7) is 0. The Labute approximate surface area is 139 Å². The van der Waals surface area contributed by atoms with Gasteiger partial charge in [0.1, 0.15) is 12.0 Å². The van der Waals surface area contributed by atoms with Crippen molar-refractivity contribution in [2.24, 2.45) is 5.92 Å². The van der Waals surface area contributed by atoms with E-state index in [-0.39, 0.29) is 18.1 Å². The molecular formula is C17H18N6O. The van der Waals surface area contributed by atoms with Crippen molar-refractivity contribution >= 4 is 11.0 Å². The van der Waals surface area contributed by atoms with E-state index in [4.69, 9.17) is 0 Å². The predicted molar refractivity (Wildman–Crippen MR) is 87.7 cm³/mol. The fourth-order valence-corrected chi connectivity index (χ4v) is 3.70. The SMILES string of the molecule is N#CC[C@H]([C@H]1CCCC1O)n1cc(-c2ncnc3[nH]ccc23)cn1. The number of rotatable bonds is 4. The molecular weight excluding hydrogens is 304 g/mol. The molecule has 0 spiro atoms. The molecule has 0 radical (unpaired) electrons. The van der Waals surface area contributed by atoms with Gasteiger partial charge in [-0.2, -0.15) is 10.4 Å². The summed E-state index contributed by atoms with van der Waals surface area (Å²) in [6.07, 6.45) is 9.76. The monoisotopic (exact) mass is 322 g/mol. The molecule has 3 heterocycles. The van der Waals surface area contributed by atoms with Crippen molar-refractivity contribution in [1.82, 2.24) is 24.7 Å². The molecule has 0 saturated heterocycles. The zero-order valence-corrected chi connectivity index (χ0v) is 13.1. The second-order valence-electron chi connectivity index (χ2n) is 6.26. The van der Waals surface area contributed by atoms with Gasteiger partial charge in [-0.15, -0.1) is 0 Å². The Balaban J connectivity index is 1.70. The van der Waals surface area contributed by atoms with Crippen LogP contribution in [0.2, 0.25) is 0 Å². The van der Waals surface area contributed by atoms with Gasteiger partial charge in [-0.3, -0.25) is 4.68 Å². The average molecular weight is 322 g/mol. The number of nitrogens with one attached hydrogen (secondary N) is 1. The molecule has 7 heteroatoms. The van der Waals surface area contributed by atoms with Crippen molar-refractivity contribution in [3.05, 3.63) is 31.0 Å². The average Bonchev–Trinajstić information content (AvgIpc) is 3.32. The lowest BCUT2D eigenvalue weighted by molar-refractivity contribution is 0.0977. The number of hydrogen-bond acceptors (Lipinski definition) is 5. The van der Waals surface area contributed by atoms with Crippen molar-refractivity contribution in [2.45, 2.75) is 37.8 Å². The van der Waals surface area contributed by atoms with E-state index in [1.54, 1.807) is 6.20 Å². The van der Waals surface area contributed by atoms with E-state index in [1.807, 2.05) is 23.1 Å². The lowest BCUT2D eigenvalue weighted by atomic mass is 9.94. The summed E-state index contributed by atoms with van der Waals surface area (Å²) in [5, 5.41) is 24.8. The second-order valence-corrected chi connectivity index (χ2v) is 6.26.